The third-order valence-electron chi connectivity index (χ3n) is 6.16. The maximum Gasteiger partial charge on any atom is 0.411 e. The van der Waals surface area contributed by atoms with E-state index in [0.717, 1.165) is 23.8 Å². The highest BCUT2D eigenvalue weighted by atomic mass is 35.5. The number of rotatable bonds is 9. The van der Waals surface area contributed by atoms with Gasteiger partial charge in [0.1, 0.15) is 23.8 Å². The molecule has 0 atom stereocenters. The molecule has 1 aromatic heterocycles. The summed E-state index contributed by atoms with van der Waals surface area (Å²) >= 11 is 12.1. The number of fused-ring (bicyclic) bond motifs is 1. The zero-order valence-corrected chi connectivity index (χ0v) is 25.1. The molecule has 0 saturated heterocycles. The van der Waals surface area contributed by atoms with E-state index in [1.54, 1.807) is 30.5 Å². The van der Waals surface area contributed by atoms with E-state index in [-0.39, 0.29) is 24.0 Å². The van der Waals surface area contributed by atoms with Gasteiger partial charge in [0.15, 0.2) is 33.8 Å². The van der Waals surface area contributed by atoms with E-state index in [1.165, 1.54) is 0 Å². The number of aromatic nitrogens is 1. The first kappa shape index (κ1) is 34.9. The van der Waals surface area contributed by atoms with Gasteiger partial charge in [-0.05, 0) is 42.8 Å². The molecular weight excluding hydrogens is 654 g/mol. The Labute approximate surface area is 259 Å². The van der Waals surface area contributed by atoms with Crippen molar-refractivity contribution >= 4 is 67.3 Å². The molecule has 44 heavy (non-hydrogen) atoms. The zero-order chi connectivity index (χ0) is 32.8. The lowest BCUT2D eigenvalue weighted by molar-refractivity contribution is -0.176. The first-order chi connectivity index (χ1) is 20.5. The quantitative estimate of drug-likeness (QED) is 0.233. The molecule has 0 amide bonds. The number of halogens is 5. The summed E-state index contributed by atoms with van der Waals surface area (Å²) < 4.78 is 70.4. The van der Waals surface area contributed by atoms with Crippen LogP contribution in [0.4, 0.5) is 13.2 Å². The van der Waals surface area contributed by atoms with Crippen LogP contribution >= 0.6 is 23.2 Å². The lowest BCUT2D eigenvalue weighted by Crippen LogP contribution is -2.35. The molecule has 3 aromatic rings. The van der Waals surface area contributed by atoms with Crippen LogP contribution in [0.5, 0.6) is 5.75 Å². The van der Waals surface area contributed by atoms with Crippen molar-refractivity contribution < 1.29 is 55.3 Å². The van der Waals surface area contributed by atoms with Crippen LogP contribution in [-0.2, 0) is 35.6 Å². The standard InChI is InChI=1S/C17H16ClF3O6S.C11H8ClNO3/c1-28(25,26)13-6-5-9(15(18)10(13)7-27-8-17(19,20)21)16(24)14-11(22)3-2-4-12(14)23;12-8-3-4-9(16-6-10(14)15)11-7(8)2-1-5-13-11/h5-6,14H,2-4,7-8H2,1H3;1-5H,6H2,(H,14,15). The molecule has 236 valence electrons. The number of ketones is 3. The molecule has 2 aromatic carbocycles. The molecule has 4 rings (SSSR count). The smallest absolute Gasteiger partial charge is 0.411 e. The van der Waals surface area contributed by atoms with E-state index in [4.69, 9.17) is 33.0 Å². The number of alkyl halides is 3. The Hall–Kier alpha value is -3.59. The van der Waals surface area contributed by atoms with Crippen LogP contribution in [0.25, 0.3) is 10.9 Å². The number of sulfone groups is 1. The molecule has 1 heterocycles. The summed E-state index contributed by atoms with van der Waals surface area (Å²) in [6.07, 6.45) is -1.80. The van der Waals surface area contributed by atoms with Crippen molar-refractivity contribution in [1.82, 2.24) is 4.98 Å². The molecule has 0 aliphatic heterocycles. The van der Waals surface area contributed by atoms with E-state index in [2.05, 4.69) is 9.72 Å². The van der Waals surface area contributed by atoms with Crippen molar-refractivity contribution in [2.75, 3.05) is 19.5 Å². The number of ether oxygens (including phenoxy) is 2. The third kappa shape index (κ3) is 8.97. The van der Waals surface area contributed by atoms with Crippen LogP contribution in [-0.4, -0.2) is 67.5 Å². The number of carboxylic acid groups (broad SMARTS) is 1. The van der Waals surface area contributed by atoms with Crippen LogP contribution in [0, 0.1) is 5.92 Å². The second kappa shape index (κ2) is 14.5. The number of carbonyl (C=O) groups excluding carboxylic acids is 3. The highest BCUT2D eigenvalue weighted by Crippen LogP contribution is 2.33. The van der Waals surface area contributed by atoms with Gasteiger partial charge in [0.2, 0.25) is 0 Å². The highest BCUT2D eigenvalue weighted by molar-refractivity contribution is 7.90. The van der Waals surface area contributed by atoms with Gasteiger partial charge >= 0.3 is 12.1 Å². The molecule has 1 aliphatic rings. The minimum absolute atomic E-state index is 0.0444. The molecule has 16 heteroatoms. The zero-order valence-electron chi connectivity index (χ0n) is 22.8. The summed E-state index contributed by atoms with van der Waals surface area (Å²) in [6.45, 7) is -2.87. The third-order valence-corrected chi connectivity index (χ3v) is 8.10. The van der Waals surface area contributed by atoms with Gasteiger partial charge in [-0.1, -0.05) is 23.2 Å². The predicted molar refractivity (Wildman–Crippen MR) is 152 cm³/mol. The van der Waals surface area contributed by atoms with Crippen LogP contribution in [0.1, 0.15) is 35.2 Å². The number of pyridine rings is 1. The average Bonchev–Trinajstić information content (AvgIpc) is 2.92. The summed E-state index contributed by atoms with van der Waals surface area (Å²) in [5.41, 5.74) is -0.0838. The van der Waals surface area contributed by atoms with E-state index in [9.17, 15) is 40.8 Å². The molecule has 0 radical (unpaired) electrons. The van der Waals surface area contributed by atoms with Crippen LogP contribution in [0.2, 0.25) is 10.0 Å². The van der Waals surface area contributed by atoms with Crippen LogP contribution < -0.4 is 4.74 Å². The van der Waals surface area contributed by atoms with Crippen molar-refractivity contribution in [1.29, 1.82) is 0 Å². The van der Waals surface area contributed by atoms with Crippen LogP contribution in [0.15, 0.2) is 47.5 Å². The number of carboxylic acids is 1. The number of hydrogen-bond donors (Lipinski definition) is 1. The molecule has 0 unspecified atom stereocenters. The molecule has 1 N–H and O–H groups in total. The molecule has 0 spiro atoms. The Morgan fingerprint density at radius 3 is 2.32 bits per heavy atom. The van der Waals surface area contributed by atoms with Crippen LogP contribution in [0.3, 0.4) is 0 Å². The normalized spacial score (nSPS) is 14.2. The fourth-order valence-electron chi connectivity index (χ4n) is 4.27. The fourth-order valence-corrected chi connectivity index (χ4v) is 5.77. The van der Waals surface area contributed by atoms with Gasteiger partial charge in [0.25, 0.3) is 0 Å². The van der Waals surface area contributed by atoms with Gasteiger partial charge in [-0.25, -0.2) is 13.2 Å². The lowest BCUT2D eigenvalue weighted by atomic mass is 9.81. The number of carbonyl (C=O) groups is 4. The van der Waals surface area contributed by atoms with E-state index < -0.39 is 75.0 Å². The van der Waals surface area contributed by atoms with Gasteiger partial charge < -0.3 is 14.6 Å². The van der Waals surface area contributed by atoms with Gasteiger partial charge in [-0.3, -0.25) is 19.4 Å². The van der Waals surface area contributed by atoms with Gasteiger partial charge in [0.05, 0.1) is 21.5 Å². The lowest BCUT2D eigenvalue weighted by Gasteiger charge is -2.20. The number of hydrogen-bond acceptors (Lipinski definition) is 9. The Bertz CT molecular complexity index is 1700. The Morgan fingerprint density at radius 2 is 1.73 bits per heavy atom. The summed E-state index contributed by atoms with van der Waals surface area (Å²) in [4.78, 5) is 50.8. The van der Waals surface area contributed by atoms with Crippen molar-refractivity contribution in [3.63, 3.8) is 0 Å². The monoisotopic (exact) mass is 677 g/mol. The summed E-state index contributed by atoms with van der Waals surface area (Å²) in [7, 11) is -3.90. The second-order valence-electron chi connectivity index (χ2n) is 9.49. The first-order valence-electron chi connectivity index (χ1n) is 12.6. The first-order valence-corrected chi connectivity index (χ1v) is 15.3. The minimum atomic E-state index is -4.65. The van der Waals surface area contributed by atoms with Gasteiger partial charge in [-0.15, -0.1) is 0 Å². The van der Waals surface area contributed by atoms with Crippen molar-refractivity contribution in [2.45, 2.75) is 36.9 Å². The molecule has 10 nitrogen and oxygen atoms in total. The molecule has 1 fully saturated rings. The van der Waals surface area contributed by atoms with E-state index in [1.807, 2.05) is 0 Å². The molecule has 1 aliphatic carbocycles. The Kier molecular flexibility index (Phi) is 11.5. The summed E-state index contributed by atoms with van der Waals surface area (Å²) in [5.74, 6) is -4.20. The number of aliphatic carboxylic acids is 1. The SMILES string of the molecule is CS(=O)(=O)c1ccc(C(=O)C2C(=O)CCCC2=O)c(Cl)c1COCC(F)(F)F.O=C(O)COc1ccc(Cl)c2cccnc12. The number of nitrogens with zero attached hydrogens (tertiary/aromatic N) is 1. The Balaban J connectivity index is 0.000000278. The maximum atomic E-state index is 12.7. The van der Waals surface area contributed by atoms with Gasteiger partial charge in [-0.2, -0.15) is 13.2 Å². The van der Waals surface area contributed by atoms with E-state index in [0.29, 0.717) is 22.7 Å². The number of benzene rings is 2. The highest BCUT2D eigenvalue weighted by Gasteiger charge is 2.38. The van der Waals surface area contributed by atoms with Crippen molar-refractivity contribution in [2.24, 2.45) is 5.92 Å². The van der Waals surface area contributed by atoms with Crippen molar-refractivity contribution in [3.05, 3.63) is 63.8 Å². The second-order valence-corrected chi connectivity index (χ2v) is 12.3. The average molecular weight is 678 g/mol. The largest absolute Gasteiger partial charge is 0.480 e. The topological polar surface area (TPSA) is 154 Å². The molecule has 1 saturated carbocycles. The predicted octanol–water partition coefficient (Wildman–Crippen LogP) is 5.30. The summed E-state index contributed by atoms with van der Waals surface area (Å²) in [6, 6.07) is 8.87. The van der Waals surface area contributed by atoms with Crippen molar-refractivity contribution in [3.8, 4) is 5.75 Å². The van der Waals surface area contributed by atoms with Gasteiger partial charge in [0, 0.05) is 41.8 Å². The molecule has 0 bridgehead atoms. The number of Topliss-reactive ketones (excluding diaryl/α,β-unsaturated/α-hetero) is 3. The molecular formula is C28H24Cl2F3NO9S. The summed E-state index contributed by atoms with van der Waals surface area (Å²) in [5, 5.41) is 9.38. The minimum Gasteiger partial charge on any atom is -0.480 e. The fraction of sp³-hybridized carbons (Fsp3) is 0.321. The maximum absolute atomic E-state index is 12.7. The van der Waals surface area contributed by atoms with E-state index >= 15 is 0 Å². The Morgan fingerprint density at radius 1 is 1.07 bits per heavy atom.